The van der Waals surface area contributed by atoms with Crippen LogP contribution in [0.15, 0.2) is 29.6 Å². The highest BCUT2D eigenvalue weighted by atomic mass is 79.9. The predicted molar refractivity (Wildman–Crippen MR) is 83.0 cm³/mol. The number of piperazine rings is 1. The number of anilines is 1. The number of hydrogen-bond acceptors (Lipinski definition) is 2. The average Bonchev–Trinajstić information content (AvgIpc) is 3.09. The first-order valence-electron chi connectivity index (χ1n) is 7.43. The van der Waals surface area contributed by atoms with E-state index in [0.29, 0.717) is 0 Å². The first-order valence-corrected chi connectivity index (χ1v) is 8.31. The quantitative estimate of drug-likeness (QED) is 0.669. The molecule has 4 heteroatoms. The van der Waals surface area contributed by atoms with Gasteiger partial charge in [-0.1, -0.05) is 6.07 Å². The molecule has 2 aromatic rings. The van der Waals surface area contributed by atoms with Gasteiger partial charge in [0.15, 0.2) is 0 Å². The lowest BCUT2D eigenvalue weighted by atomic mass is 10.1. The highest BCUT2D eigenvalue weighted by Gasteiger charge is 2.35. The second kappa shape index (κ2) is 5.66. The van der Waals surface area contributed by atoms with Crippen molar-refractivity contribution in [1.29, 1.82) is 0 Å². The largest absolute Gasteiger partial charge is 1.00 e. The third-order valence-corrected chi connectivity index (χ3v) is 5.90. The van der Waals surface area contributed by atoms with Crippen LogP contribution in [-0.2, 0) is 0 Å². The Morgan fingerprint density at radius 3 is 2.45 bits per heavy atom. The minimum Gasteiger partial charge on any atom is -1.00 e. The highest BCUT2D eigenvalue weighted by molar-refractivity contribution is 7.17. The van der Waals surface area contributed by atoms with E-state index in [0.717, 1.165) is 0 Å². The predicted octanol–water partition coefficient (Wildman–Crippen LogP) is 0.336. The maximum absolute atomic E-state index is 2.61. The van der Waals surface area contributed by atoms with Gasteiger partial charge in [-0.3, -0.25) is 0 Å². The van der Waals surface area contributed by atoms with Gasteiger partial charge in [-0.2, -0.15) is 0 Å². The molecule has 2 fully saturated rings. The zero-order valence-corrected chi connectivity index (χ0v) is 14.1. The summed E-state index contributed by atoms with van der Waals surface area (Å²) in [6.45, 7) is 8.01. The smallest absolute Gasteiger partial charge is 0.0965 e. The molecule has 1 aromatic carbocycles. The van der Waals surface area contributed by atoms with Gasteiger partial charge in [0, 0.05) is 28.6 Å². The lowest BCUT2D eigenvalue weighted by Gasteiger charge is -2.43. The molecular formula is C16H21BrN2S. The van der Waals surface area contributed by atoms with Crippen LogP contribution in [0, 0.1) is 0 Å². The van der Waals surface area contributed by atoms with Crippen molar-refractivity contribution in [2.45, 2.75) is 12.8 Å². The second-order valence-corrected chi connectivity index (χ2v) is 6.99. The zero-order valence-electron chi connectivity index (χ0n) is 11.7. The van der Waals surface area contributed by atoms with E-state index in [1.54, 1.807) is 0 Å². The van der Waals surface area contributed by atoms with Crippen LogP contribution in [0.1, 0.15) is 12.8 Å². The van der Waals surface area contributed by atoms with Gasteiger partial charge >= 0.3 is 0 Å². The van der Waals surface area contributed by atoms with Crippen LogP contribution in [-0.4, -0.2) is 43.8 Å². The van der Waals surface area contributed by atoms with E-state index < -0.39 is 0 Å². The average molecular weight is 353 g/mol. The van der Waals surface area contributed by atoms with E-state index in [4.69, 9.17) is 0 Å². The fraction of sp³-hybridized carbons (Fsp3) is 0.500. The van der Waals surface area contributed by atoms with Gasteiger partial charge in [0.25, 0.3) is 0 Å². The fourth-order valence-corrected chi connectivity index (χ4v) is 4.64. The van der Waals surface area contributed by atoms with Gasteiger partial charge in [-0.25, -0.2) is 0 Å². The molecule has 0 radical (unpaired) electrons. The van der Waals surface area contributed by atoms with Crippen LogP contribution in [0.25, 0.3) is 10.1 Å². The molecule has 0 N–H and O–H groups in total. The van der Waals surface area contributed by atoms with Crippen LogP contribution >= 0.6 is 11.3 Å². The molecule has 0 bridgehead atoms. The molecule has 0 unspecified atom stereocenters. The molecule has 1 spiro atoms. The van der Waals surface area contributed by atoms with Gasteiger partial charge < -0.3 is 26.4 Å². The van der Waals surface area contributed by atoms with Gasteiger partial charge in [-0.05, 0) is 23.6 Å². The lowest BCUT2D eigenvalue weighted by molar-refractivity contribution is -0.917. The summed E-state index contributed by atoms with van der Waals surface area (Å²) in [5.41, 5.74) is 1.45. The van der Waals surface area contributed by atoms with Gasteiger partial charge in [0.05, 0.1) is 39.3 Å². The van der Waals surface area contributed by atoms with Crippen molar-refractivity contribution in [2.75, 3.05) is 44.2 Å². The molecule has 0 amide bonds. The Morgan fingerprint density at radius 1 is 0.950 bits per heavy atom. The summed E-state index contributed by atoms with van der Waals surface area (Å²) in [6.07, 6.45) is 2.89. The highest BCUT2D eigenvalue weighted by Crippen LogP contribution is 2.32. The Labute approximate surface area is 135 Å². The minimum atomic E-state index is 0. The Hall–Kier alpha value is -0.580. The van der Waals surface area contributed by atoms with Gasteiger partial charge in [0.1, 0.15) is 0 Å². The number of quaternary nitrogens is 1. The Morgan fingerprint density at radius 2 is 1.70 bits per heavy atom. The summed E-state index contributed by atoms with van der Waals surface area (Å²) in [5, 5.41) is 3.66. The van der Waals surface area contributed by atoms with Crippen molar-refractivity contribution in [1.82, 2.24) is 0 Å². The van der Waals surface area contributed by atoms with Crippen molar-refractivity contribution >= 4 is 27.1 Å². The molecule has 1 aromatic heterocycles. The summed E-state index contributed by atoms with van der Waals surface area (Å²) in [7, 11) is 0. The van der Waals surface area contributed by atoms with E-state index in [1.165, 1.54) is 72.4 Å². The molecule has 0 atom stereocenters. The molecule has 0 saturated carbocycles. The minimum absolute atomic E-state index is 0. The van der Waals surface area contributed by atoms with E-state index in [9.17, 15) is 0 Å². The Kier molecular flexibility index (Phi) is 4.07. The molecule has 108 valence electrons. The molecule has 0 aliphatic carbocycles. The second-order valence-electron chi connectivity index (χ2n) is 6.04. The van der Waals surface area contributed by atoms with E-state index in [-0.39, 0.29) is 17.0 Å². The number of thiophene rings is 1. The van der Waals surface area contributed by atoms with Crippen LogP contribution in [0.4, 0.5) is 5.69 Å². The summed E-state index contributed by atoms with van der Waals surface area (Å²) >= 11 is 1.85. The van der Waals surface area contributed by atoms with E-state index in [2.05, 4.69) is 34.5 Å². The Bertz CT molecular complexity index is 579. The van der Waals surface area contributed by atoms with Crippen molar-refractivity contribution in [3.63, 3.8) is 0 Å². The van der Waals surface area contributed by atoms with Crippen LogP contribution in [0.5, 0.6) is 0 Å². The fourth-order valence-electron chi connectivity index (χ4n) is 3.84. The molecule has 2 saturated heterocycles. The van der Waals surface area contributed by atoms with Crippen molar-refractivity contribution in [3.8, 4) is 0 Å². The molecule has 20 heavy (non-hydrogen) atoms. The molecule has 3 heterocycles. The molecule has 2 nitrogen and oxygen atoms in total. The topological polar surface area (TPSA) is 3.24 Å². The number of rotatable bonds is 1. The molecule has 2 aliphatic heterocycles. The maximum Gasteiger partial charge on any atom is 0.0965 e. The zero-order chi connectivity index (χ0) is 12.7. The summed E-state index contributed by atoms with van der Waals surface area (Å²) in [6, 6.07) is 9.03. The van der Waals surface area contributed by atoms with Crippen LogP contribution in [0.3, 0.4) is 0 Å². The van der Waals surface area contributed by atoms with Crippen molar-refractivity contribution in [3.05, 3.63) is 29.6 Å². The lowest BCUT2D eigenvalue weighted by Crippen LogP contribution is -3.00. The number of nitrogens with zero attached hydrogens (tertiary/aromatic N) is 2. The maximum atomic E-state index is 2.61. The van der Waals surface area contributed by atoms with E-state index >= 15 is 0 Å². The van der Waals surface area contributed by atoms with Gasteiger partial charge in [-0.15, -0.1) is 11.3 Å². The summed E-state index contributed by atoms with van der Waals surface area (Å²) in [5.74, 6) is 0. The van der Waals surface area contributed by atoms with Crippen LogP contribution in [0.2, 0.25) is 0 Å². The standard InChI is InChI=1S/C16H21N2S.BrH/c1-2-10-18(9-1)11-7-17(8-12-18)15-4-3-5-16-14(15)6-13-19-16;/h3-6,13H,1-2,7-12H2;1H/q+1;/p-1. The number of benzene rings is 1. The monoisotopic (exact) mass is 352 g/mol. The molecule has 4 rings (SSSR count). The summed E-state index contributed by atoms with van der Waals surface area (Å²) in [4.78, 5) is 2.61. The first kappa shape index (κ1) is 14.4. The normalized spacial score (nSPS) is 21.3. The van der Waals surface area contributed by atoms with Crippen molar-refractivity contribution < 1.29 is 21.5 Å². The third kappa shape index (κ3) is 2.38. The van der Waals surface area contributed by atoms with Crippen molar-refractivity contribution in [2.24, 2.45) is 0 Å². The number of fused-ring (bicyclic) bond motifs is 1. The number of halogens is 1. The molecular weight excluding hydrogens is 332 g/mol. The first-order chi connectivity index (χ1) is 9.36. The Balaban J connectivity index is 0.00000121. The third-order valence-electron chi connectivity index (χ3n) is 5.02. The van der Waals surface area contributed by atoms with Crippen LogP contribution < -0.4 is 21.9 Å². The summed E-state index contributed by atoms with van der Waals surface area (Å²) < 4.78 is 2.82. The van der Waals surface area contributed by atoms with Gasteiger partial charge in [0.2, 0.25) is 0 Å². The van der Waals surface area contributed by atoms with E-state index in [1.807, 2.05) is 11.3 Å². The molecule has 2 aliphatic rings. The SMILES string of the molecule is [Br-].c1cc(N2CC[N+]3(CCCC3)CC2)c2ccsc2c1. The number of hydrogen-bond donors (Lipinski definition) is 0.